The molecule has 0 saturated carbocycles. The highest BCUT2D eigenvalue weighted by atomic mass is 16.5. The van der Waals surface area contributed by atoms with Gasteiger partial charge >= 0.3 is 0 Å². The number of nitrogens with zero attached hydrogens (tertiary/aromatic N) is 2. The van der Waals surface area contributed by atoms with E-state index in [0.29, 0.717) is 23.6 Å². The minimum absolute atomic E-state index is 0.181. The lowest BCUT2D eigenvalue weighted by molar-refractivity contribution is 0.0628. The minimum Gasteiger partial charge on any atom is -0.493 e. The first-order chi connectivity index (χ1) is 12.2. The van der Waals surface area contributed by atoms with E-state index in [1.54, 1.807) is 18.2 Å². The summed E-state index contributed by atoms with van der Waals surface area (Å²) in [5.74, 6) is 1.03. The van der Waals surface area contributed by atoms with Gasteiger partial charge in [-0.3, -0.25) is 4.90 Å². The van der Waals surface area contributed by atoms with Crippen LogP contribution in [0.2, 0.25) is 0 Å². The molecule has 0 radical (unpaired) electrons. The molecule has 130 valence electrons. The van der Waals surface area contributed by atoms with E-state index in [0.717, 1.165) is 19.5 Å². The third kappa shape index (κ3) is 4.30. The predicted octanol–water partition coefficient (Wildman–Crippen LogP) is 2.36. The van der Waals surface area contributed by atoms with E-state index in [1.807, 2.05) is 0 Å². The number of aliphatic hydroxyl groups is 1. The van der Waals surface area contributed by atoms with Crippen LogP contribution in [0.1, 0.15) is 16.7 Å². The average Bonchev–Trinajstić information content (AvgIpc) is 2.66. The number of methoxy groups -OCH3 is 1. The lowest BCUT2D eigenvalue weighted by atomic mass is 10.00. The van der Waals surface area contributed by atoms with Gasteiger partial charge in [0.2, 0.25) is 0 Å². The highest BCUT2D eigenvalue weighted by Gasteiger charge is 2.19. The van der Waals surface area contributed by atoms with Crippen LogP contribution >= 0.6 is 0 Å². The molecule has 0 bridgehead atoms. The summed E-state index contributed by atoms with van der Waals surface area (Å²) in [6, 6.07) is 15.5. The van der Waals surface area contributed by atoms with Crippen LogP contribution in [0.25, 0.3) is 0 Å². The number of hydrogen-bond donors (Lipinski definition) is 1. The second-order valence-corrected chi connectivity index (χ2v) is 6.20. The Labute approximate surface area is 148 Å². The summed E-state index contributed by atoms with van der Waals surface area (Å²) >= 11 is 0. The Hall–Kier alpha value is -2.55. The first-order valence-corrected chi connectivity index (χ1v) is 8.37. The van der Waals surface area contributed by atoms with E-state index < -0.39 is 6.10 Å². The molecule has 0 saturated heterocycles. The van der Waals surface area contributed by atoms with E-state index in [9.17, 15) is 5.11 Å². The van der Waals surface area contributed by atoms with Crippen LogP contribution in [0, 0.1) is 11.3 Å². The third-order valence-corrected chi connectivity index (χ3v) is 4.40. The number of hydrogen-bond acceptors (Lipinski definition) is 5. The Morgan fingerprint density at radius 3 is 2.76 bits per heavy atom. The molecule has 2 aromatic carbocycles. The van der Waals surface area contributed by atoms with Gasteiger partial charge in [0.05, 0.1) is 18.7 Å². The smallest absolute Gasteiger partial charge is 0.162 e. The lowest BCUT2D eigenvalue weighted by Crippen LogP contribution is -2.38. The summed E-state index contributed by atoms with van der Waals surface area (Å²) in [5.41, 5.74) is 3.24. The standard InChI is InChI=1S/C20H22N2O3/c1-24-20-10-15(11-21)6-7-19(20)25-14-18(23)13-22-9-8-16-4-2-3-5-17(16)12-22/h2-7,10,18,23H,8-9,12-14H2,1H3. The van der Waals surface area contributed by atoms with Gasteiger partial charge in [-0.25, -0.2) is 0 Å². The molecule has 1 unspecified atom stereocenters. The van der Waals surface area contributed by atoms with E-state index >= 15 is 0 Å². The van der Waals surface area contributed by atoms with Crippen LogP contribution in [0.15, 0.2) is 42.5 Å². The summed E-state index contributed by atoms with van der Waals surface area (Å²) in [6.07, 6.45) is 0.415. The summed E-state index contributed by atoms with van der Waals surface area (Å²) in [7, 11) is 1.53. The van der Waals surface area contributed by atoms with Gasteiger partial charge in [-0.1, -0.05) is 24.3 Å². The molecule has 1 aliphatic heterocycles. The number of rotatable bonds is 6. The van der Waals surface area contributed by atoms with Crippen molar-refractivity contribution in [3.05, 3.63) is 59.2 Å². The van der Waals surface area contributed by atoms with E-state index in [2.05, 4.69) is 35.2 Å². The number of β-amino-alcohol motifs (C(OH)–C–C–N with tert-alkyl or cyclic N) is 1. The van der Waals surface area contributed by atoms with E-state index in [1.165, 1.54) is 18.2 Å². The fraction of sp³-hybridized carbons (Fsp3) is 0.350. The maximum Gasteiger partial charge on any atom is 0.162 e. The number of nitriles is 1. The molecule has 5 nitrogen and oxygen atoms in total. The molecule has 0 aliphatic carbocycles. The molecule has 0 spiro atoms. The van der Waals surface area contributed by atoms with Crippen molar-refractivity contribution < 1.29 is 14.6 Å². The topological polar surface area (TPSA) is 65.7 Å². The third-order valence-electron chi connectivity index (χ3n) is 4.40. The van der Waals surface area contributed by atoms with E-state index in [-0.39, 0.29) is 6.61 Å². The van der Waals surface area contributed by atoms with Crippen LogP contribution in [0.3, 0.4) is 0 Å². The van der Waals surface area contributed by atoms with Gasteiger partial charge in [-0.2, -0.15) is 5.26 Å². The molecule has 3 rings (SSSR count). The molecule has 25 heavy (non-hydrogen) atoms. The van der Waals surface area contributed by atoms with Gasteiger partial charge in [0.1, 0.15) is 12.7 Å². The zero-order valence-corrected chi connectivity index (χ0v) is 14.3. The van der Waals surface area contributed by atoms with Crippen molar-refractivity contribution in [1.82, 2.24) is 4.90 Å². The zero-order chi connectivity index (χ0) is 17.6. The Kier molecular flexibility index (Phi) is 5.54. The fourth-order valence-electron chi connectivity index (χ4n) is 3.10. The fourth-order valence-corrected chi connectivity index (χ4v) is 3.10. The Balaban J connectivity index is 1.54. The Morgan fingerprint density at radius 2 is 2.00 bits per heavy atom. The van der Waals surface area contributed by atoms with Crippen LogP contribution in [-0.4, -0.2) is 42.9 Å². The van der Waals surface area contributed by atoms with Gasteiger partial charge in [0.25, 0.3) is 0 Å². The van der Waals surface area contributed by atoms with Gasteiger partial charge in [-0.15, -0.1) is 0 Å². The van der Waals surface area contributed by atoms with Crippen molar-refractivity contribution in [3.63, 3.8) is 0 Å². The SMILES string of the molecule is COc1cc(C#N)ccc1OCC(O)CN1CCc2ccccc2C1. The highest BCUT2D eigenvalue weighted by Crippen LogP contribution is 2.28. The maximum atomic E-state index is 10.3. The highest BCUT2D eigenvalue weighted by molar-refractivity contribution is 5.46. The van der Waals surface area contributed by atoms with Crippen molar-refractivity contribution in [2.45, 2.75) is 19.1 Å². The average molecular weight is 338 g/mol. The Bertz CT molecular complexity index is 770. The van der Waals surface area contributed by atoms with E-state index in [4.69, 9.17) is 14.7 Å². The van der Waals surface area contributed by atoms with Crippen molar-refractivity contribution in [2.24, 2.45) is 0 Å². The van der Waals surface area contributed by atoms with Gasteiger partial charge < -0.3 is 14.6 Å². The number of ether oxygens (including phenoxy) is 2. The van der Waals surface area contributed by atoms with Gasteiger partial charge in [0, 0.05) is 25.7 Å². The van der Waals surface area contributed by atoms with Crippen LogP contribution in [-0.2, 0) is 13.0 Å². The summed E-state index contributed by atoms with van der Waals surface area (Å²) in [5, 5.41) is 19.2. The molecule has 0 aromatic heterocycles. The number of fused-ring (bicyclic) bond motifs is 1. The lowest BCUT2D eigenvalue weighted by Gasteiger charge is -2.30. The van der Waals surface area contributed by atoms with Crippen molar-refractivity contribution in [1.29, 1.82) is 5.26 Å². The summed E-state index contributed by atoms with van der Waals surface area (Å²) in [6.45, 7) is 2.54. The molecule has 2 aromatic rings. The molecule has 1 aliphatic rings. The number of benzene rings is 2. The largest absolute Gasteiger partial charge is 0.493 e. The molecule has 5 heteroatoms. The van der Waals surface area contributed by atoms with Crippen molar-refractivity contribution in [2.75, 3.05) is 26.8 Å². The molecule has 1 heterocycles. The van der Waals surface area contributed by atoms with Crippen molar-refractivity contribution >= 4 is 0 Å². The van der Waals surface area contributed by atoms with Crippen molar-refractivity contribution in [3.8, 4) is 17.6 Å². The molecular weight excluding hydrogens is 316 g/mol. The van der Waals surface area contributed by atoms with Crippen LogP contribution in [0.4, 0.5) is 0 Å². The maximum absolute atomic E-state index is 10.3. The molecular formula is C20H22N2O3. The molecule has 1 N–H and O–H groups in total. The predicted molar refractivity (Wildman–Crippen MR) is 94.6 cm³/mol. The second kappa shape index (κ2) is 8.02. The minimum atomic E-state index is -0.592. The van der Waals surface area contributed by atoms with Crippen LogP contribution in [0.5, 0.6) is 11.5 Å². The summed E-state index contributed by atoms with van der Waals surface area (Å²) < 4.78 is 10.9. The first-order valence-electron chi connectivity index (χ1n) is 8.37. The van der Waals surface area contributed by atoms with Crippen LogP contribution < -0.4 is 9.47 Å². The molecule has 1 atom stereocenters. The summed E-state index contributed by atoms with van der Waals surface area (Å²) in [4.78, 5) is 2.24. The normalized spacial score (nSPS) is 15.1. The number of aliphatic hydroxyl groups excluding tert-OH is 1. The Morgan fingerprint density at radius 1 is 1.20 bits per heavy atom. The molecule has 0 amide bonds. The quantitative estimate of drug-likeness (QED) is 0.876. The zero-order valence-electron chi connectivity index (χ0n) is 14.3. The molecule has 0 fully saturated rings. The monoisotopic (exact) mass is 338 g/mol. The van der Waals surface area contributed by atoms with Gasteiger partial charge in [-0.05, 0) is 29.7 Å². The second-order valence-electron chi connectivity index (χ2n) is 6.20. The first kappa shape index (κ1) is 17.3. The van der Waals surface area contributed by atoms with Gasteiger partial charge in [0.15, 0.2) is 11.5 Å².